The van der Waals surface area contributed by atoms with Crippen molar-refractivity contribution in [1.82, 2.24) is 4.98 Å². The van der Waals surface area contributed by atoms with Crippen molar-refractivity contribution in [3.05, 3.63) is 29.0 Å². The Hall–Kier alpha value is -2.09. The van der Waals surface area contributed by atoms with E-state index in [-0.39, 0.29) is 28.5 Å². The predicted octanol–water partition coefficient (Wildman–Crippen LogP) is 2.04. The summed E-state index contributed by atoms with van der Waals surface area (Å²) >= 11 is 0. The molecular weight excluding hydrogens is 277 g/mol. The molecule has 0 radical (unpaired) electrons. The van der Waals surface area contributed by atoms with Crippen LogP contribution in [0.1, 0.15) is 11.3 Å². The van der Waals surface area contributed by atoms with Gasteiger partial charge in [-0.05, 0) is 18.2 Å². The number of aromatic nitrogens is 1. The largest absolute Gasteiger partial charge is 0.486 e. The number of carbonyl (C=O) groups is 1. The average Bonchev–Trinajstić information content (AvgIpc) is 2.36. The number of fused-ring (bicyclic) bond motifs is 1. The van der Waals surface area contributed by atoms with Crippen molar-refractivity contribution in [1.29, 1.82) is 0 Å². The number of anilines is 1. The molecule has 0 bridgehead atoms. The van der Waals surface area contributed by atoms with Gasteiger partial charge in [0.25, 0.3) is 0 Å². The molecule has 0 saturated heterocycles. The summed E-state index contributed by atoms with van der Waals surface area (Å²) in [7, 11) is 1.41. The van der Waals surface area contributed by atoms with Crippen molar-refractivity contribution in [3.8, 4) is 0 Å². The molecule has 2 rings (SSSR count). The zero-order valence-electron chi connectivity index (χ0n) is 10.4. The van der Waals surface area contributed by atoms with Gasteiger partial charge in [0.2, 0.25) is 0 Å². The smallest absolute Gasteiger partial charge is 0.478 e. The van der Waals surface area contributed by atoms with Gasteiger partial charge in [-0.2, -0.15) is 13.2 Å². The van der Waals surface area contributed by atoms with E-state index < -0.39 is 18.8 Å². The number of nitrogens with zero attached hydrogens (tertiary/aromatic N) is 2. The Morgan fingerprint density at radius 1 is 1.50 bits per heavy atom. The number of hydrogen-bond donors (Lipinski definition) is 1. The first-order chi connectivity index (χ1) is 9.32. The molecule has 20 heavy (non-hydrogen) atoms. The monoisotopic (exact) mass is 288 g/mol. The second-order valence-electron chi connectivity index (χ2n) is 4.18. The Balaban J connectivity index is 2.52. The SMILES string of the molecule is COCc1ccc2c(n1)N(C(F)(F)F)CC(C(=O)O)=C2. The quantitative estimate of drug-likeness (QED) is 0.862. The van der Waals surface area contributed by atoms with Crippen LogP contribution in [0, 0.1) is 0 Å². The van der Waals surface area contributed by atoms with E-state index in [0.29, 0.717) is 5.69 Å². The first kappa shape index (κ1) is 14.3. The molecule has 1 aromatic heterocycles. The van der Waals surface area contributed by atoms with Crippen LogP contribution in [0.15, 0.2) is 17.7 Å². The van der Waals surface area contributed by atoms with Gasteiger partial charge >= 0.3 is 12.3 Å². The Bertz CT molecular complexity index is 570. The van der Waals surface area contributed by atoms with Crippen LogP contribution in [0.3, 0.4) is 0 Å². The minimum Gasteiger partial charge on any atom is -0.478 e. The van der Waals surface area contributed by atoms with Gasteiger partial charge < -0.3 is 9.84 Å². The fourth-order valence-corrected chi connectivity index (χ4v) is 1.87. The Labute approximate surface area is 112 Å². The predicted molar refractivity (Wildman–Crippen MR) is 64.0 cm³/mol. The van der Waals surface area contributed by atoms with Crippen LogP contribution >= 0.6 is 0 Å². The summed E-state index contributed by atoms with van der Waals surface area (Å²) in [4.78, 5) is 14.8. The summed E-state index contributed by atoms with van der Waals surface area (Å²) in [5, 5.41) is 8.88. The average molecular weight is 288 g/mol. The number of alkyl halides is 3. The molecule has 1 aliphatic rings. The van der Waals surface area contributed by atoms with Gasteiger partial charge in [-0.15, -0.1) is 0 Å². The first-order valence-corrected chi connectivity index (χ1v) is 5.60. The molecule has 1 aliphatic heterocycles. The lowest BCUT2D eigenvalue weighted by Crippen LogP contribution is -2.43. The second-order valence-corrected chi connectivity index (χ2v) is 4.18. The van der Waals surface area contributed by atoms with E-state index in [1.54, 1.807) is 0 Å². The van der Waals surface area contributed by atoms with Gasteiger partial charge in [-0.1, -0.05) is 0 Å². The molecule has 0 atom stereocenters. The van der Waals surface area contributed by atoms with Crippen molar-refractivity contribution in [2.24, 2.45) is 0 Å². The molecule has 2 heterocycles. The fourth-order valence-electron chi connectivity index (χ4n) is 1.87. The van der Waals surface area contributed by atoms with Crippen LogP contribution < -0.4 is 4.90 Å². The molecule has 0 spiro atoms. The minimum absolute atomic E-state index is 0.0188. The molecule has 1 N–H and O–H groups in total. The number of carboxylic acids is 1. The van der Waals surface area contributed by atoms with Crippen molar-refractivity contribution in [3.63, 3.8) is 0 Å². The maximum absolute atomic E-state index is 13.0. The highest BCUT2D eigenvalue weighted by Crippen LogP contribution is 2.35. The lowest BCUT2D eigenvalue weighted by atomic mass is 10.1. The zero-order valence-corrected chi connectivity index (χ0v) is 10.4. The Morgan fingerprint density at radius 2 is 2.20 bits per heavy atom. The van der Waals surface area contributed by atoms with Crippen LogP contribution in [0.25, 0.3) is 6.08 Å². The number of methoxy groups -OCH3 is 1. The van der Waals surface area contributed by atoms with E-state index in [1.807, 2.05) is 0 Å². The van der Waals surface area contributed by atoms with E-state index in [0.717, 1.165) is 0 Å². The summed E-state index contributed by atoms with van der Waals surface area (Å²) in [5.41, 5.74) is 0.120. The third kappa shape index (κ3) is 2.74. The lowest BCUT2D eigenvalue weighted by molar-refractivity contribution is -0.135. The molecule has 0 amide bonds. The lowest BCUT2D eigenvalue weighted by Gasteiger charge is -2.30. The number of aliphatic carboxylic acids is 1. The first-order valence-electron chi connectivity index (χ1n) is 5.60. The fraction of sp³-hybridized carbons (Fsp3) is 0.333. The van der Waals surface area contributed by atoms with Crippen LogP contribution in [-0.4, -0.2) is 36.0 Å². The molecule has 8 heteroatoms. The molecule has 1 aromatic rings. The summed E-state index contributed by atoms with van der Waals surface area (Å²) in [6.07, 6.45) is -3.51. The van der Waals surface area contributed by atoms with Gasteiger partial charge in [-0.3, -0.25) is 4.90 Å². The van der Waals surface area contributed by atoms with Crippen LogP contribution in [0.2, 0.25) is 0 Å². The molecule has 0 unspecified atom stereocenters. The van der Waals surface area contributed by atoms with Crippen LogP contribution in [-0.2, 0) is 16.1 Å². The highest BCUT2D eigenvalue weighted by Gasteiger charge is 2.42. The van der Waals surface area contributed by atoms with E-state index in [1.165, 1.54) is 25.3 Å². The molecule has 5 nitrogen and oxygen atoms in total. The van der Waals surface area contributed by atoms with E-state index >= 15 is 0 Å². The van der Waals surface area contributed by atoms with Gasteiger partial charge in [0.1, 0.15) is 5.82 Å². The van der Waals surface area contributed by atoms with Gasteiger partial charge in [0.15, 0.2) is 0 Å². The normalized spacial score (nSPS) is 14.8. The Morgan fingerprint density at radius 3 is 2.75 bits per heavy atom. The maximum atomic E-state index is 13.0. The van der Waals surface area contributed by atoms with Crippen LogP contribution in [0.5, 0.6) is 0 Å². The third-order valence-corrected chi connectivity index (χ3v) is 2.75. The summed E-state index contributed by atoms with van der Waals surface area (Å²) in [6.45, 7) is -0.691. The number of hydrogen-bond acceptors (Lipinski definition) is 4. The second kappa shape index (κ2) is 5.12. The molecular formula is C12H11F3N2O3. The summed E-state index contributed by atoms with van der Waals surface area (Å²) < 4.78 is 43.9. The van der Waals surface area contributed by atoms with Crippen molar-refractivity contribution < 1.29 is 27.8 Å². The van der Waals surface area contributed by atoms with E-state index in [4.69, 9.17) is 9.84 Å². The molecule has 0 aliphatic carbocycles. The highest BCUT2D eigenvalue weighted by atomic mass is 19.4. The molecule has 108 valence electrons. The highest BCUT2D eigenvalue weighted by molar-refractivity contribution is 5.95. The van der Waals surface area contributed by atoms with Crippen molar-refractivity contribution >= 4 is 17.9 Å². The van der Waals surface area contributed by atoms with Crippen LogP contribution in [0.4, 0.5) is 19.0 Å². The van der Waals surface area contributed by atoms with E-state index in [9.17, 15) is 18.0 Å². The topological polar surface area (TPSA) is 62.7 Å². The standard InChI is InChI=1S/C12H11F3N2O3/c1-20-6-9-3-2-7-4-8(11(18)19)5-17(10(7)16-9)12(13,14)15/h2-4H,5-6H2,1H3,(H,18,19). The third-order valence-electron chi connectivity index (χ3n) is 2.75. The molecule has 0 saturated carbocycles. The number of carboxylic acid groups (broad SMARTS) is 1. The summed E-state index contributed by atoms with van der Waals surface area (Å²) in [5.74, 6) is -1.69. The van der Waals surface area contributed by atoms with E-state index in [2.05, 4.69) is 4.98 Å². The molecule has 0 fully saturated rings. The van der Waals surface area contributed by atoms with Crippen molar-refractivity contribution in [2.75, 3.05) is 18.6 Å². The van der Waals surface area contributed by atoms with Gasteiger partial charge in [0, 0.05) is 12.7 Å². The maximum Gasteiger partial charge on any atom is 0.486 e. The van der Waals surface area contributed by atoms with Gasteiger partial charge in [-0.25, -0.2) is 9.78 Å². The number of ether oxygens (including phenoxy) is 1. The Kier molecular flexibility index (Phi) is 3.67. The number of halogens is 3. The van der Waals surface area contributed by atoms with Crippen molar-refractivity contribution in [2.45, 2.75) is 12.9 Å². The minimum atomic E-state index is -4.71. The number of pyridine rings is 1. The molecule has 0 aromatic carbocycles. The number of rotatable bonds is 3. The zero-order chi connectivity index (χ0) is 14.9. The van der Waals surface area contributed by atoms with Gasteiger partial charge in [0.05, 0.1) is 24.4 Å². The summed E-state index contributed by atoms with van der Waals surface area (Å²) in [6, 6.07) is 2.90.